The van der Waals surface area contributed by atoms with E-state index in [-0.39, 0.29) is 71.8 Å². The Bertz CT molecular complexity index is 1050. The first-order valence-corrected chi connectivity index (χ1v) is 13.8. The van der Waals surface area contributed by atoms with Crippen LogP contribution in [0.2, 0.25) is 0 Å². The Morgan fingerprint density at radius 1 is 0.947 bits per heavy atom. The van der Waals surface area contributed by atoms with Crippen molar-refractivity contribution in [3.05, 3.63) is 0 Å². The molecule has 5 rings (SSSR count). The van der Waals surface area contributed by atoms with Crippen LogP contribution in [-0.2, 0) is 33.4 Å². The maximum Gasteiger partial charge on any atom is 0.336 e. The molecule has 10 heteroatoms. The van der Waals surface area contributed by atoms with Gasteiger partial charge in [0, 0.05) is 43.4 Å². The highest BCUT2D eigenvalue weighted by atomic mass is 16.8. The molecular formula is C28H38O10. The van der Waals surface area contributed by atoms with E-state index < -0.39 is 41.3 Å². The van der Waals surface area contributed by atoms with Gasteiger partial charge in [-0.05, 0) is 60.7 Å². The molecule has 1 spiro atoms. The van der Waals surface area contributed by atoms with Gasteiger partial charge in [-0.3, -0.25) is 14.4 Å². The fourth-order valence-corrected chi connectivity index (χ4v) is 9.28. The summed E-state index contributed by atoms with van der Waals surface area (Å²) in [5.41, 5.74) is -1.00. The SMILES string of the molecule is CC(CCC(=O)O)C1CC[C@H]2[C@@H]3C(=O)CC4CC5(CC[C@]4(C)[C@H]3CC(=O)[C@]12C)OC(C(=O)O)C(C(=O)O)O5. The van der Waals surface area contributed by atoms with Gasteiger partial charge >= 0.3 is 17.9 Å². The topological polar surface area (TPSA) is 164 Å². The lowest BCUT2D eigenvalue weighted by molar-refractivity contribution is -0.238. The van der Waals surface area contributed by atoms with Crippen molar-refractivity contribution in [1.82, 2.24) is 0 Å². The molecule has 0 aromatic heterocycles. The van der Waals surface area contributed by atoms with Gasteiger partial charge in [-0.15, -0.1) is 0 Å². The van der Waals surface area contributed by atoms with Crippen LogP contribution in [0.15, 0.2) is 0 Å². The lowest BCUT2D eigenvalue weighted by Gasteiger charge is -2.60. The molecule has 3 N–H and O–H groups in total. The maximum absolute atomic E-state index is 13.9. The van der Waals surface area contributed by atoms with E-state index in [4.69, 9.17) is 14.6 Å². The number of carboxylic acids is 3. The summed E-state index contributed by atoms with van der Waals surface area (Å²) in [6.07, 6.45) is 0.552. The number of aliphatic carboxylic acids is 3. The Labute approximate surface area is 221 Å². The van der Waals surface area contributed by atoms with Gasteiger partial charge in [0.25, 0.3) is 0 Å². The van der Waals surface area contributed by atoms with Gasteiger partial charge < -0.3 is 24.8 Å². The van der Waals surface area contributed by atoms with Gasteiger partial charge in [0.15, 0.2) is 18.0 Å². The molecule has 0 aromatic rings. The molecule has 1 heterocycles. The second-order valence-electron chi connectivity index (χ2n) is 13.0. The van der Waals surface area contributed by atoms with Gasteiger partial charge in [-0.2, -0.15) is 0 Å². The predicted octanol–water partition coefficient (Wildman–Crippen LogP) is 3.15. The molecule has 4 saturated carbocycles. The summed E-state index contributed by atoms with van der Waals surface area (Å²) in [6.45, 7) is 6.14. The fourth-order valence-electron chi connectivity index (χ4n) is 9.28. The van der Waals surface area contributed by atoms with Crippen LogP contribution in [-0.4, -0.2) is 62.8 Å². The molecule has 0 radical (unpaired) electrons. The van der Waals surface area contributed by atoms with Gasteiger partial charge in [-0.25, -0.2) is 9.59 Å². The van der Waals surface area contributed by atoms with E-state index in [1.807, 2.05) is 13.8 Å². The van der Waals surface area contributed by atoms with Crippen molar-refractivity contribution < 1.29 is 48.8 Å². The highest BCUT2D eigenvalue weighted by Gasteiger charge is 2.68. The molecule has 1 aliphatic heterocycles. The Balaban J connectivity index is 1.39. The summed E-state index contributed by atoms with van der Waals surface area (Å²) in [7, 11) is 0. The van der Waals surface area contributed by atoms with Crippen LogP contribution in [0.25, 0.3) is 0 Å². The molecule has 4 aliphatic carbocycles. The van der Waals surface area contributed by atoms with Gasteiger partial charge in [0.2, 0.25) is 0 Å². The quantitative estimate of drug-likeness (QED) is 0.461. The van der Waals surface area contributed by atoms with Crippen molar-refractivity contribution in [3.8, 4) is 0 Å². The molecule has 5 unspecified atom stereocenters. The van der Waals surface area contributed by atoms with E-state index in [1.54, 1.807) is 0 Å². The number of Topliss-reactive ketones (excluding diaryl/α,β-unsaturated/α-hetero) is 2. The molecule has 1 saturated heterocycles. The number of hydrogen-bond acceptors (Lipinski definition) is 7. The first-order chi connectivity index (χ1) is 17.7. The van der Waals surface area contributed by atoms with E-state index in [1.165, 1.54) is 0 Å². The van der Waals surface area contributed by atoms with Gasteiger partial charge in [0.1, 0.15) is 11.6 Å². The lowest BCUT2D eigenvalue weighted by Crippen LogP contribution is -2.61. The normalized spacial score (nSPS) is 46.8. The van der Waals surface area contributed by atoms with Gasteiger partial charge in [0.05, 0.1) is 0 Å². The van der Waals surface area contributed by atoms with E-state index in [0.717, 1.165) is 12.8 Å². The summed E-state index contributed by atoms with van der Waals surface area (Å²) in [5.74, 6) is -5.28. The van der Waals surface area contributed by atoms with Crippen LogP contribution < -0.4 is 0 Å². The Morgan fingerprint density at radius 3 is 2.16 bits per heavy atom. The number of rotatable bonds is 6. The van der Waals surface area contributed by atoms with Crippen LogP contribution in [0.4, 0.5) is 0 Å². The van der Waals surface area contributed by atoms with Crippen molar-refractivity contribution >= 4 is 29.5 Å². The minimum absolute atomic E-state index is 0.0504. The molecule has 5 aliphatic rings. The molecule has 0 bridgehead atoms. The van der Waals surface area contributed by atoms with Crippen LogP contribution >= 0.6 is 0 Å². The van der Waals surface area contributed by atoms with E-state index in [2.05, 4.69) is 6.92 Å². The molecule has 210 valence electrons. The minimum Gasteiger partial charge on any atom is -0.481 e. The van der Waals surface area contributed by atoms with Crippen molar-refractivity contribution in [1.29, 1.82) is 0 Å². The summed E-state index contributed by atoms with van der Waals surface area (Å²) < 4.78 is 11.5. The van der Waals surface area contributed by atoms with Crippen molar-refractivity contribution in [3.63, 3.8) is 0 Å². The minimum atomic E-state index is -1.61. The summed E-state index contributed by atoms with van der Waals surface area (Å²) >= 11 is 0. The smallest absolute Gasteiger partial charge is 0.336 e. The summed E-state index contributed by atoms with van der Waals surface area (Å²) in [4.78, 5) is 62.2. The van der Waals surface area contributed by atoms with Crippen molar-refractivity contribution in [2.24, 2.45) is 46.3 Å². The highest BCUT2D eigenvalue weighted by Crippen LogP contribution is 2.67. The van der Waals surface area contributed by atoms with Crippen molar-refractivity contribution in [2.45, 2.75) is 96.6 Å². The third-order valence-corrected chi connectivity index (χ3v) is 11.3. The molecule has 0 aromatic carbocycles. The number of carboxylic acid groups (broad SMARTS) is 3. The summed E-state index contributed by atoms with van der Waals surface area (Å²) in [5, 5.41) is 28.2. The lowest BCUT2D eigenvalue weighted by atomic mass is 9.43. The second kappa shape index (κ2) is 9.11. The Morgan fingerprint density at radius 2 is 1.58 bits per heavy atom. The largest absolute Gasteiger partial charge is 0.481 e. The number of carbonyl (C=O) groups excluding carboxylic acids is 2. The van der Waals surface area contributed by atoms with Crippen molar-refractivity contribution in [2.75, 3.05) is 0 Å². The van der Waals surface area contributed by atoms with E-state index in [9.17, 15) is 34.2 Å². The molecule has 10 atom stereocenters. The Kier molecular flexibility index (Phi) is 6.53. The van der Waals surface area contributed by atoms with Crippen LogP contribution in [0.3, 0.4) is 0 Å². The molecule has 5 fully saturated rings. The molecular weight excluding hydrogens is 496 g/mol. The van der Waals surface area contributed by atoms with E-state index >= 15 is 0 Å². The van der Waals surface area contributed by atoms with E-state index in [0.29, 0.717) is 25.7 Å². The van der Waals surface area contributed by atoms with Gasteiger partial charge in [-0.1, -0.05) is 20.8 Å². The third-order valence-electron chi connectivity index (χ3n) is 11.3. The fraction of sp³-hybridized carbons (Fsp3) is 0.821. The maximum atomic E-state index is 13.9. The molecule has 0 amide bonds. The number of ether oxygens (including phenoxy) is 2. The average Bonchev–Trinajstić information content (AvgIpc) is 3.39. The van der Waals surface area contributed by atoms with Crippen LogP contribution in [0.5, 0.6) is 0 Å². The predicted molar refractivity (Wildman–Crippen MR) is 130 cm³/mol. The monoisotopic (exact) mass is 534 g/mol. The molecule has 38 heavy (non-hydrogen) atoms. The Hall–Kier alpha value is -2.33. The zero-order chi connectivity index (χ0) is 27.8. The standard InChI is InChI=1S/C28H38O10/c1-13(4-7-20(31)32)15-5-6-16-21-17(11-19(30)27(15,16)3)26(2)8-9-28(12-14(26)10-18(21)29)37-22(24(33)34)23(38-28)25(35)36/h13-17,21-23H,4-12H2,1-3H3,(H,31,32)(H,33,34)(H,35,36)/t13?,14?,15?,16-,17-,21-,22?,23?,26-,27+,28?/m0/s1. The number of hydrogen-bond donors (Lipinski definition) is 3. The summed E-state index contributed by atoms with van der Waals surface area (Å²) in [6, 6.07) is 0. The first kappa shape index (κ1) is 27.2. The highest BCUT2D eigenvalue weighted by molar-refractivity contribution is 5.92. The number of carbonyl (C=O) groups is 5. The molecule has 10 nitrogen and oxygen atoms in total. The zero-order valence-electron chi connectivity index (χ0n) is 22.2. The number of fused-ring (bicyclic) bond motifs is 5. The zero-order valence-corrected chi connectivity index (χ0v) is 22.2. The third kappa shape index (κ3) is 3.93. The van der Waals surface area contributed by atoms with Crippen LogP contribution in [0, 0.1) is 46.3 Å². The first-order valence-electron chi connectivity index (χ1n) is 13.8. The average molecular weight is 535 g/mol. The number of ketones is 2. The second-order valence-corrected chi connectivity index (χ2v) is 13.0. The van der Waals surface area contributed by atoms with Crippen LogP contribution in [0.1, 0.15) is 78.6 Å².